The summed E-state index contributed by atoms with van der Waals surface area (Å²) in [6.45, 7) is 3.44. The normalized spacial score (nSPS) is 10.7. The van der Waals surface area contributed by atoms with Gasteiger partial charge in [-0.15, -0.1) is 0 Å². The first-order valence-electron chi connectivity index (χ1n) is 8.42. The molecule has 0 spiro atoms. The molecule has 0 bridgehead atoms. The molecule has 138 valence electrons. The van der Waals surface area contributed by atoms with Crippen LogP contribution in [0.5, 0.6) is 0 Å². The number of benzene rings is 2. The second-order valence-corrected chi connectivity index (χ2v) is 6.15. The van der Waals surface area contributed by atoms with E-state index >= 15 is 0 Å². The molecule has 1 N–H and O–H groups in total. The molecule has 2 aromatic carbocycles. The van der Waals surface area contributed by atoms with Crippen molar-refractivity contribution in [3.05, 3.63) is 74.3 Å². The number of nitrogens with zero attached hydrogens (tertiary/aromatic N) is 3. The smallest absolute Gasteiger partial charge is 0.274 e. The highest BCUT2D eigenvalue weighted by molar-refractivity contribution is 5.91. The molecule has 8 nitrogen and oxygen atoms in total. The van der Waals surface area contributed by atoms with Crippen molar-refractivity contribution in [3.63, 3.8) is 0 Å². The van der Waals surface area contributed by atoms with E-state index in [1.807, 2.05) is 19.9 Å². The van der Waals surface area contributed by atoms with Crippen molar-refractivity contribution in [3.8, 4) is 0 Å². The lowest BCUT2D eigenvalue weighted by molar-refractivity contribution is -0.385. The van der Waals surface area contributed by atoms with Crippen LogP contribution >= 0.6 is 0 Å². The molecule has 0 radical (unpaired) electrons. The number of hydrogen-bond acceptors (Lipinski definition) is 5. The Morgan fingerprint density at radius 1 is 1.30 bits per heavy atom. The first-order valence-corrected chi connectivity index (χ1v) is 8.42. The summed E-state index contributed by atoms with van der Waals surface area (Å²) in [6, 6.07) is 9.83. The van der Waals surface area contributed by atoms with Gasteiger partial charge in [0.25, 0.3) is 11.2 Å². The largest absolute Gasteiger partial charge is 0.324 e. The van der Waals surface area contributed by atoms with Gasteiger partial charge in [0.15, 0.2) is 0 Å². The lowest BCUT2D eigenvalue weighted by atomic mass is 10.1. The molecule has 1 amide bonds. The van der Waals surface area contributed by atoms with Crippen LogP contribution in [0.3, 0.4) is 0 Å². The van der Waals surface area contributed by atoms with Crippen LogP contribution in [0, 0.1) is 17.0 Å². The van der Waals surface area contributed by atoms with Gasteiger partial charge in [-0.1, -0.05) is 25.1 Å². The maximum atomic E-state index is 12.5. The number of fused-ring (bicyclic) bond motifs is 1. The molecule has 8 heteroatoms. The van der Waals surface area contributed by atoms with Gasteiger partial charge in [-0.2, -0.15) is 0 Å². The van der Waals surface area contributed by atoms with Crippen LogP contribution in [0.2, 0.25) is 0 Å². The van der Waals surface area contributed by atoms with E-state index in [-0.39, 0.29) is 17.8 Å². The van der Waals surface area contributed by atoms with Crippen LogP contribution in [0.1, 0.15) is 18.1 Å². The van der Waals surface area contributed by atoms with Gasteiger partial charge in [-0.05, 0) is 31.0 Å². The third-order valence-corrected chi connectivity index (χ3v) is 4.32. The minimum Gasteiger partial charge on any atom is -0.324 e. The number of carbonyl (C=O) groups excluding carboxylic acids is 1. The van der Waals surface area contributed by atoms with Crippen molar-refractivity contribution < 1.29 is 9.72 Å². The Kier molecular flexibility index (Phi) is 4.98. The highest BCUT2D eigenvalue weighted by Crippen LogP contribution is 2.23. The molecule has 27 heavy (non-hydrogen) atoms. The minimum atomic E-state index is -0.478. The van der Waals surface area contributed by atoms with Crippen LogP contribution in [-0.2, 0) is 17.8 Å². The number of anilines is 1. The number of hydrogen-bond donors (Lipinski definition) is 1. The molecular formula is C19H18N4O4. The number of para-hydroxylation sites is 1. The fraction of sp³-hybridized carbons (Fsp3) is 0.211. The molecule has 0 atom stereocenters. The zero-order chi connectivity index (χ0) is 19.6. The summed E-state index contributed by atoms with van der Waals surface area (Å²) < 4.78 is 1.21. The molecule has 0 saturated carbocycles. The minimum absolute atomic E-state index is 0.0460. The quantitative estimate of drug-likeness (QED) is 0.552. The average Bonchev–Trinajstić information content (AvgIpc) is 2.64. The Morgan fingerprint density at radius 3 is 2.78 bits per heavy atom. The zero-order valence-corrected chi connectivity index (χ0v) is 14.9. The highest BCUT2D eigenvalue weighted by atomic mass is 16.6. The molecular weight excluding hydrogens is 348 g/mol. The van der Waals surface area contributed by atoms with E-state index < -0.39 is 10.8 Å². The van der Waals surface area contributed by atoms with Gasteiger partial charge in [0.1, 0.15) is 6.54 Å². The number of carbonyl (C=O) groups is 1. The zero-order valence-electron chi connectivity index (χ0n) is 14.9. The second-order valence-electron chi connectivity index (χ2n) is 6.15. The molecule has 1 aromatic heterocycles. The molecule has 0 aliphatic heterocycles. The molecule has 0 aliphatic carbocycles. The number of aromatic nitrogens is 2. The molecule has 0 fully saturated rings. The van der Waals surface area contributed by atoms with Crippen LogP contribution in [0.4, 0.5) is 11.4 Å². The molecule has 1 heterocycles. The van der Waals surface area contributed by atoms with E-state index in [0.717, 1.165) is 5.56 Å². The SMILES string of the molecule is CCc1ccc(NC(=O)Cn2cnc3c(C)cccc3c2=O)cc1[N+](=O)[O-]. The van der Waals surface area contributed by atoms with Crippen molar-refractivity contribution in [1.29, 1.82) is 0 Å². The predicted molar refractivity (Wildman–Crippen MR) is 102 cm³/mol. The highest BCUT2D eigenvalue weighted by Gasteiger charge is 2.15. The predicted octanol–water partition coefficient (Wildman–Crippen LogP) is 2.81. The Bertz CT molecular complexity index is 1100. The topological polar surface area (TPSA) is 107 Å². The molecule has 0 aliphatic rings. The summed E-state index contributed by atoms with van der Waals surface area (Å²) in [4.78, 5) is 39.8. The molecule has 3 rings (SSSR count). The lowest BCUT2D eigenvalue weighted by Crippen LogP contribution is -2.28. The van der Waals surface area contributed by atoms with Gasteiger partial charge < -0.3 is 5.32 Å². The number of nitro groups is 1. The summed E-state index contributed by atoms with van der Waals surface area (Å²) >= 11 is 0. The number of nitro benzene ring substituents is 1. The maximum absolute atomic E-state index is 12.5. The Hall–Kier alpha value is -3.55. The first-order chi connectivity index (χ1) is 12.9. The second kappa shape index (κ2) is 7.36. The summed E-state index contributed by atoms with van der Waals surface area (Å²) in [5, 5.41) is 14.2. The van der Waals surface area contributed by atoms with Crippen molar-refractivity contribution >= 4 is 28.2 Å². The summed E-state index contributed by atoms with van der Waals surface area (Å²) in [7, 11) is 0. The molecule has 3 aromatic rings. The summed E-state index contributed by atoms with van der Waals surface area (Å²) in [6.07, 6.45) is 1.85. The maximum Gasteiger partial charge on any atom is 0.274 e. The van der Waals surface area contributed by atoms with Gasteiger partial charge in [0.05, 0.1) is 22.2 Å². The van der Waals surface area contributed by atoms with Crippen molar-refractivity contribution in [2.24, 2.45) is 0 Å². The van der Waals surface area contributed by atoms with Gasteiger partial charge in [0.2, 0.25) is 5.91 Å². The van der Waals surface area contributed by atoms with Crippen LogP contribution < -0.4 is 10.9 Å². The number of rotatable bonds is 5. The van der Waals surface area contributed by atoms with E-state index in [0.29, 0.717) is 28.6 Å². The number of aryl methyl sites for hydroxylation is 2. The monoisotopic (exact) mass is 366 g/mol. The summed E-state index contributed by atoms with van der Waals surface area (Å²) in [5.74, 6) is -0.468. The number of amides is 1. The molecule has 0 saturated heterocycles. The van der Waals surface area contributed by atoms with Crippen LogP contribution in [-0.4, -0.2) is 20.4 Å². The van der Waals surface area contributed by atoms with E-state index in [4.69, 9.17) is 0 Å². The third-order valence-electron chi connectivity index (χ3n) is 4.32. The van der Waals surface area contributed by atoms with Gasteiger partial charge in [-0.3, -0.25) is 24.3 Å². The van der Waals surface area contributed by atoms with Gasteiger partial charge in [0, 0.05) is 17.3 Å². The van der Waals surface area contributed by atoms with Crippen molar-refractivity contribution in [2.75, 3.05) is 5.32 Å². The van der Waals surface area contributed by atoms with Crippen molar-refractivity contribution in [1.82, 2.24) is 9.55 Å². The van der Waals surface area contributed by atoms with Gasteiger partial charge >= 0.3 is 0 Å². The van der Waals surface area contributed by atoms with Crippen LogP contribution in [0.15, 0.2) is 47.5 Å². The summed E-state index contributed by atoms with van der Waals surface area (Å²) in [5.41, 5.74) is 2.01. The van der Waals surface area contributed by atoms with Crippen LogP contribution in [0.25, 0.3) is 10.9 Å². The van der Waals surface area contributed by atoms with E-state index in [2.05, 4.69) is 10.3 Å². The number of nitrogens with one attached hydrogen (secondary N) is 1. The Balaban J connectivity index is 1.84. The van der Waals surface area contributed by atoms with E-state index in [9.17, 15) is 19.7 Å². The van der Waals surface area contributed by atoms with E-state index in [1.165, 1.54) is 17.0 Å². The fourth-order valence-corrected chi connectivity index (χ4v) is 2.92. The lowest BCUT2D eigenvalue weighted by Gasteiger charge is -2.09. The Labute approximate surface area is 154 Å². The van der Waals surface area contributed by atoms with E-state index in [1.54, 1.807) is 24.3 Å². The Morgan fingerprint density at radius 2 is 2.07 bits per heavy atom. The fourth-order valence-electron chi connectivity index (χ4n) is 2.92. The third kappa shape index (κ3) is 3.69. The first kappa shape index (κ1) is 18.2. The van der Waals surface area contributed by atoms with Crippen molar-refractivity contribution in [2.45, 2.75) is 26.8 Å². The average molecular weight is 366 g/mol. The molecule has 0 unspecified atom stereocenters. The standard InChI is InChI=1S/C19H18N4O4/c1-3-13-7-8-14(9-16(13)23(26)27)21-17(24)10-22-11-20-18-12(2)5-4-6-15(18)19(22)25/h4-9,11H,3,10H2,1-2H3,(H,21,24). The van der Waals surface area contributed by atoms with Gasteiger partial charge in [-0.25, -0.2) is 4.98 Å².